The van der Waals surface area contributed by atoms with Crippen molar-refractivity contribution < 1.29 is 18.8 Å². The summed E-state index contributed by atoms with van der Waals surface area (Å²) in [6.45, 7) is 0.0409. The molecule has 10 heteroatoms. The Morgan fingerprint density at radius 2 is 1.83 bits per heavy atom. The third-order valence-corrected chi connectivity index (χ3v) is 5.96. The van der Waals surface area contributed by atoms with Crippen molar-refractivity contribution in [3.8, 4) is 0 Å². The molecule has 2 aromatic rings. The molecule has 2 aromatic carbocycles. The summed E-state index contributed by atoms with van der Waals surface area (Å²) in [5.41, 5.74) is 5.29. The average Bonchev–Trinajstić information content (AvgIpc) is 2.99. The van der Waals surface area contributed by atoms with E-state index in [-0.39, 0.29) is 33.7 Å². The first-order valence-corrected chi connectivity index (χ1v) is 10.7. The van der Waals surface area contributed by atoms with Gasteiger partial charge in [0, 0.05) is 28.6 Å². The summed E-state index contributed by atoms with van der Waals surface area (Å²) in [5.74, 6) is -1.77. The number of hydrogen-bond donors (Lipinski definition) is 2. The molecule has 0 spiro atoms. The topological polar surface area (TPSA) is 78.5 Å². The van der Waals surface area contributed by atoms with E-state index in [9.17, 15) is 18.8 Å². The average molecular weight is 508 g/mol. The molecule has 0 bridgehead atoms. The molecule has 1 fully saturated rings. The van der Waals surface area contributed by atoms with E-state index >= 15 is 0 Å². The van der Waals surface area contributed by atoms with Gasteiger partial charge in [-0.25, -0.2) is 4.39 Å². The second-order valence-electron chi connectivity index (χ2n) is 6.11. The maximum atomic E-state index is 13.8. The molecule has 0 atom stereocenters. The van der Waals surface area contributed by atoms with Crippen LogP contribution in [0.2, 0.25) is 0 Å². The molecule has 1 aliphatic rings. The van der Waals surface area contributed by atoms with E-state index in [1.54, 1.807) is 42.5 Å². The number of nitrogens with zero attached hydrogens (tertiary/aromatic N) is 1. The van der Waals surface area contributed by atoms with Crippen molar-refractivity contribution in [3.63, 3.8) is 0 Å². The maximum absolute atomic E-state index is 13.8. The van der Waals surface area contributed by atoms with Gasteiger partial charge in [-0.15, -0.1) is 0 Å². The van der Waals surface area contributed by atoms with Crippen molar-refractivity contribution in [1.29, 1.82) is 0 Å². The molecule has 0 aliphatic carbocycles. The van der Waals surface area contributed by atoms with Gasteiger partial charge in [-0.05, 0) is 36.4 Å². The monoisotopic (exact) mass is 507 g/mol. The summed E-state index contributed by atoms with van der Waals surface area (Å²) < 4.78 is 14.9. The normalized spacial score (nSPS) is 14.9. The van der Waals surface area contributed by atoms with Crippen LogP contribution in [0.15, 0.2) is 57.9 Å². The first kappa shape index (κ1) is 22.1. The number of thiocarbonyl (C=S) groups is 1. The summed E-state index contributed by atoms with van der Waals surface area (Å²) in [6.07, 6.45) is 1.37. The molecule has 1 aliphatic heterocycles. The van der Waals surface area contributed by atoms with Crippen LogP contribution >= 0.6 is 39.9 Å². The summed E-state index contributed by atoms with van der Waals surface area (Å²) in [4.78, 5) is 38.1. The van der Waals surface area contributed by atoms with Crippen molar-refractivity contribution in [2.45, 2.75) is 6.42 Å². The molecule has 0 saturated carbocycles. The van der Waals surface area contributed by atoms with Crippen molar-refractivity contribution in [3.05, 3.63) is 74.9 Å². The fourth-order valence-corrected chi connectivity index (χ4v) is 4.07. The third kappa shape index (κ3) is 5.53. The van der Waals surface area contributed by atoms with Crippen LogP contribution in [0.1, 0.15) is 22.3 Å². The Hall–Kier alpha value is -2.56. The van der Waals surface area contributed by atoms with Gasteiger partial charge in [-0.1, -0.05) is 58.1 Å². The molecule has 6 nitrogen and oxygen atoms in total. The quantitative estimate of drug-likeness (QED) is 0.367. The molecule has 0 unspecified atom stereocenters. The minimum absolute atomic E-state index is 0.0409. The zero-order valence-corrected chi connectivity index (χ0v) is 18.6. The van der Waals surface area contributed by atoms with Crippen LogP contribution in [-0.2, 0) is 9.59 Å². The number of amides is 3. The Balaban J connectivity index is 1.52. The van der Waals surface area contributed by atoms with E-state index in [0.717, 1.165) is 16.2 Å². The van der Waals surface area contributed by atoms with E-state index in [0.29, 0.717) is 5.56 Å². The van der Waals surface area contributed by atoms with Gasteiger partial charge >= 0.3 is 0 Å². The molecule has 1 saturated heterocycles. The molecule has 0 radical (unpaired) electrons. The van der Waals surface area contributed by atoms with Crippen molar-refractivity contribution in [2.24, 2.45) is 0 Å². The van der Waals surface area contributed by atoms with Gasteiger partial charge in [0.1, 0.15) is 10.1 Å². The largest absolute Gasteiger partial charge is 0.292 e. The van der Waals surface area contributed by atoms with E-state index in [1.165, 1.54) is 17.0 Å². The van der Waals surface area contributed by atoms with Crippen molar-refractivity contribution >= 4 is 68.0 Å². The number of rotatable bonds is 5. The summed E-state index contributed by atoms with van der Waals surface area (Å²) in [6, 6.07) is 12.7. The van der Waals surface area contributed by atoms with Crippen LogP contribution in [0, 0.1) is 5.82 Å². The fraction of sp³-hybridized carbons (Fsp3) is 0.100. The predicted molar refractivity (Wildman–Crippen MR) is 121 cm³/mol. The van der Waals surface area contributed by atoms with Crippen LogP contribution < -0.4 is 10.9 Å². The molecule has 30 heavy (non-hydrogen) atoms. The van der Waals surface area contributed by atoms with E-state index in [4.69, 9.17) is 12.2 Å². The van der Waals surface area contributed by atoms with Gasteiger partial charge < -0.3 is 0 Å². The molecular formula is C20H15BrFN3O3S2. The molecule has 1 heterocycles. The van der Waals surface area contributed by atoms with Gasteiger partial charge in [-0.2, -0.15) is 0 Å². The first-order chi connectivity index (χ1) is 14.3. The second kappa shape index (κ2) is 9.96. The van der Waals surface area contributed by atoms with E-state index < -0.39 is 17.6 Å². The molecule has 3 rings (SSSR count). The minimum atomic E-state index is -0.479. The van der Waals surface area contributed by atoms with Gasteiger partial charge in [0.25, 0.3) is 11.8 Å². The van der Waals surface area contributed by atoms with Gasteiger partial charge in [0.2, 0.25) is 5.91 Å². The molecule has 2 N–H and O–H groups in total. The van der Waals surface area contributed by atoms with Crippen LogP contribution in [0.4, 0.5) is 4.39 Å². The summed E-state index contributed by atoms with van der Waals surface area (Å²) in [5, 5.41) is 0. The van der Waals surface area contributed by atoms with Crippen LogP contribution in [0.3, 0.4) is 0 Å². The van der Waals surface area contributed by atoms with Crippen LogP contribution in [0.25, 0.3) is 6.08 Å². The number of carbonyl (C=O) groups excluding carboxylic acids is 3. The minimum Gasteiger partial charge on any atom is -0.292 e. The maximum Gasteiger partial charge on any atom is 0.269 e. The highest BCUT2D eigenvalue weighted by atomic mass is 79.9. The highest BCUT2D eigenvalue weighted by Crippen LogP contribution is 2.32. The molecule has 3 amide bonds. The lowest BCUT2D eigenvalue weighted by molar-refractivity contribution is -0.124. The zero-order chi connectivity index (χ0) is 21.7. The van der Waals surface area contributed by atoms with Gasteiger partial charge in [-0.3, -0.25) is 30.1 Å². The number of carbonyl (C=O) groups is 3. The number of hydrazine groups is 1. The Morgan fingerprint density at radius 1 is 1.13 bits per heavy atom. The van der Waals surface area contributed by atoms with Crippen molar-refractivity contribution in [2.75, 3.05) is 6.54 Å². The summed E-state index contributed by atoms with van der Waals surface area (Å²) >= 11 is 9.53. The zero-order valence-electron chi connectivity index (χ0n) is 15.4. The Kier molecular flexibility index (Phi) is 7.35. The van der Waals surface area contributed by atoms with E-state index in [1.807, 2.05) is 0 Å². The number of hydrogen-bond acceptors (Lipinski definition) is 5. The smallest absolute Gasteiger partial charge is 0.269 e. The van der Waals surface area contributed by atoms with Crippen LogP contribution in [-0.4, -0.2) is 33.5 Å². The second-order valence-corrected chi connectivity index (χ2v) is 8.71. The SMILES string of the molecule is O=C(CCN1C(=O)C(=Cc2ccccc2F)SC1=S)NNC(=O)c1ccc(Br)cc1. The lowest BCUT2D eigenvalue weighted by Crippen LogP contribution is -2.43. The number of nitrogens with one attached hydrogen (secondary N) is 2. The molecular weight excluding hydrogens is 493 g/mol. The first-order valence-electron chi connectivity index (χ1n) is 8.70. The number of halogens is 2. The lowest BCUT2D eigenvalue weighted by atomic mass is 10.2. The molecule has 154 valence electrons. The van der Waals surface area contributed by atoms with Crippen LogP contribution in [0.5, 0.6) is 0 Å². The fourth-order valence-electron chi connectivity index (χ4n) is 2.50. The predicted octanol–water partition coefficient (Wildman–Crippen LogP) is 3.64. The van der Waals surface area contributed by atoms with E-state index in [2.05, 4.69) is 26.8 Å². The highest BCUT2D eigenvalue weighted by Gasteiger charge is 2.32. The third-order valence-electron chi connectivity index (χ3n) is 4.05. The Bertz CT molecular complexity index is 1040. The summed E-state index contributed by atoms with van der Waals surface area (Å²) in [7, 11) is 0. The highest BCUT2D eigenvalue weighted by molar-refractivity contribution is 9.10. The Morgan fingerprint density at radius 3 is 2.53 bits per heavy atom. The number of benzene rings is 2. The van der Waals surface area contributed by atoms with Crippen molar-refractivity contribution in [1.82, 2.24) is 15.8 Å². The lowest BCUT2D eigenvalue weighted by Gasteiger charge is -2.14. The standard InChI is InChI=1S/C20H15BrFN3O3S2/c21-14-7-5-12(6-8-14)18(27)24-23-17(26)9-10-25-19(28)16(30-20(25)29)11-13-3-1-2-4-15(13)22/h1-8,11H,9-10H2,(H,23,26)(H,24,27). The Labute approximate surface area is 190 Å². The van der Waals surface area contributed by atoms with Gasteiger partial charge in [0.15, 0.2) is 0 Å². The number of thioether (sulfide) groups is 1. The molecule has 0 aromatic heterocycles. The van der Waals surface area contributed by atoms with Gasteiger partial charge in [0.05, 0.1) is 4.91 Å².